The molecule has 1 aromatic rings. The van der Waals surface area contributed by atoms with Crippen LogP contribution in [0.1, 0.15) is 25.3 Å². The fraction of sp³-hybridized carbons (Fsp3) is 0.529. The zero-order valence-corrected chi connectivity index (χ0v) is 17.2. The number of hydrogen-bond donors (Lipinski definition) is 0. The third kappa shape index (κ3) is 4.68. The summed E-state index contributed by atoms with van der Waals surface area (Å²) in [5.74, 6) is -0.803. The molecule has 138 valence electrons. The first-order valence-corrected chi connectivity index (χ1v) is 10.6. The molecule has 1 aliphatic rings. The van der Waals surface area contributed by atoms with Crippen LogP contribution in [-0.2, 0) is 19.6 Å². The van der Waals surface area contributed by atoms with Gasteiger partial charge < -0.3 is 4.74 Å². The minimum atomic E-state index is -3.14. The Bertz CT molecular complexity index is 773. The van der Waals surface area contributed by atoms with Gasteiger partial charge in [0.25, 0.3) is 0 Å². The van der Waals surface area contributed by atoms with E-state index in [1.165, 1.54) is 17.7 Å². The Labute approximate surface area is 157 Å². The smallest absolute Gasteiger partial charge is 0.318 e. The van der Waals surface area contributed by atoms with Crippen molar-refractivity contribution in [1.29, 1.82) is 0 Å². The van der Waals surface area contributed by atoms with E-state index in [0.717, 1.165) is 10.0 Å². The lowest BCUT2D eigenvalue weighted by molar-refractivity contribution is -0.140. The van der Waals surface area contributed by atoms with Gasteiger partial charge >= 0.3 is 5.97 Å². The summed E-state index contributed by atoms with van der Waals surface area (Å²) in [6, 6.07) is 7.41. The zero-order chi connectivity index (χ0) is 18.8. The normalized spacial score (nSPS) is 19.2. The summed E-state index contributed by atoms with van der Waals surface area (Å²) < 4.78 is 30.2. The van der Waals surface area contributed by atoms with E-state index in [1.807, 2.05) is 38.1 Å². The summed E-state index contributed by atoms with van der Waals surface area (Å²) in [4.78, 5) is 17.0. The molecule has 0 spiro atoms. The van der Waals surface area contributed by atoms with Crippen LogP contribution in [0.25, 0.3) is 0 Å². The van der Waals surface area contributed by atoms with Gasteiger partial charge in [0, 0.05) is 29.2 Å². The molecule has 0 radical (unpaired) electrons. The third-order valence-corrected chi connectivity index (χ3v) is 6.46. The molecule has 8 heteroatoms. The highest BCUT2D eigenvalue weighted by Crippen LogP contribution is 2.29. The maximum Gasteiger partial charge on any atom is 0.318 e. The fourth-order valence-corrected chi connectivity index (χ4v) is 4.33. The number of methoxy groups -OCH3 is 1. The minimum absolute atomic E-state index is 0.0763. The van der Waals surface area contributed by atoms with Crippen LogP contribution in [0.15, 0.2) is 33.7 Å². The first kappa shape index (κ1) is 20.1. The molecule has 0 N–H and O–H groups in total. The van der Waals surface area contributed by atoms with Crippen molar-refractivity contribution in [1.82, 2.24) is 4.31 Å². The molecule has 0 saturated carbocycles. The highest BCUT2D eigenvalue weighted by Gasteiger charge is 2.37. The molecule has 6 nitrogen and oxygen atoms in total. The summed E-state index contributed by atoms with van der Waals surface area (Å²) in [5, 5.41) is 0. The summed E-state index contributed by atoms with van der Waals surface area (Å²) in [5.41, 5.74) is 1.46. The maximum absolute atomic E-state index is 12.3. The number of hydrogen-bond acceptors (Lipinski definition) is 5. The largest absolute Gasteiger partial charge is 0.468 e. The number of ether oxygens (including phenoxy) is 1. The van der Waals surface area contributed by atoms with Crippen LogP contribution >= 0.6 is 15.9 Å². The van der Waals surface area contributed by atoms with Crippen molar-refractivity contribution in [2.75, 3.05) is 26.5 Å². The molecule has 2 rings (SSSR count). The van der Waals surface area contributed by atoms with Crippen LogP contribution in [-0.4, -0.2) is 56.9 Å². The monoisotopic (exact) mass is 430 g/mol. The van der Waals surface area contributed by atoms with Crippen molar-refractivity contribution in [3.63, 3.8) is 0 Å². The molecule has 2 unspecified atom stereocenters. The van der Waals surface area contributed by atoms with Crippen LogP contribution in [0.4, 0.5) is 0 Å². The first-order chi connectivity index (χ1) is 11.6. The van der Waals surface area contributed by atoms with E-state index in [2.05, 4.69) is 20.9 Å². The Morgan fingerprint density at radius 1 is 1.36 bits per heavy atom. The molecule has 1 heterocycles. The Morgan fingerprint density at radius 2 is 1.96 bits per heavy atom. The third-order valence-electron chi connectivity index (χ3n) is 4.51. The van der Waals surface area contributed by atoms with E-state index in [-0.39, 0.29) is 17.9 Å². The summed E-state index contributed by atoms with van der Waals surface area (Å²) >= 11 is 3.48. The van der Waals surface area contributed by atoms with Crippen molar-refractivity contribution in [3.8, 4) is 0 Å². The van der Waals surface area contributed by atoms with E-state index in [0.29, 0.717) is 18.8 Å². The number of halogens is 1. The van der Waals surface area contributed by atoms with Gasteiger partial charge in [-0.2, -0.15) is 0 Å². The molecule has 0 bridgehead atoms. The number of carbonyl (C=O) groups excluding carboxylic acids is 1. The van der Waals surface area contributed by atoms with Crippen LogP contribution in [0.2, 0.25) is 0 Å². The highest BCUT2D eigenvalue weighted by molar-refractivity contribution is 9.10. The van der Waals surface area contributed by atoms with Crippen molar-refractivity contribution in [3.05, 3.63) is 34.3 Å². The van der Waals surface area contributed by atoms with E-state index in [9.17, 15) is 13.2 Å². The van der Waals surface area contributed by atoms with Gasteiger partial charge in [-0.25, -0.2) is 12.7 Å². The molecular formula is C17H23BrN2O4S. The summed E-state index contributed by atoms with van der Waals surface area (Å²) in [7, 11) is -1.78. The number of sulfonamides is 1. The predicted molar refractivity (Wildman–Crippen MR) is 101 cm³/mol. The second-order valence-corrected chi connectivity index (χ2v) is 9.17. The lowest BCUT2D eigenvalue weighted by Gasteiger charge is -2.39. The molecule has 2 atom stereocenters. The molecule has 25 heavy (non-hydrogen) atoms. The average Bonchev–Trinajstić information content (AvgIpc) is 2.46. The Morgan fingerprint density at radius 3 is 2.48 bits per heavy atom. The van der Waals surface area contributed by atoms with E-state index >= 15 is 0 Å². The lowest BCUT2D eigenvalue weighted by atomic mass is 9.92. The van der Waals surface area contributed by atoms with E-state index in [1.54, 1.807) is 0 Å². The quantitative estimate of drug-likeness (QED) is 0.512. The molecule has 0 amide bonds. The Hall–Kier alpha value is -1.25. The molecule has 1 fully saturated rings. The number of carbonyl (C=O) groups is 1. The Kier molecular flexibility index (Phi) is 6.40. The van der Waals surface area contributed by atoms with Crippen LogP contribution < -0.4 is 0 Å². The van der Waals surface area contributed by atoms with E-state index in [4.69, 9.17) is 4.74 Å². The SMILES string of the molecule is COC(=O)C(C(C)=NC(C)C1CN(S(C)(=O)=O)C1)c1ccccc1Br. The van der Waals surface area contributed by atoms with Gasteiger partial charge in [-0.15, -0.1) is 0 Å². The van der Waals surface area contributed by atoms with Gasteiger partial charge in [0.2, 0.25) is 10.0 Å². The average molecular weight is 431 g/mol. The van der Waals surface area contributed by atoms with Gasteiger partial charge in [-0.05, 0) is 25.5 Å². The second-order valence-electron chi connectivity index (χ2n) is 6.33. The molecule has 1 aliphatic heterocycles. The number of benzene rings is 1. The van der Waals surface area contributed by atoms with Gasteiger partial charge in [0.15, 0.2) is 0 Å². The van der Waals surface area contributed by atoms with Gasteiger partial charge in [0.1, 0.15) is 5.92 Å². The van der Waals surface area contributed by atoms with Crippen molar-refractivity contribution in [2.45, 2.75) is 25.8 Å². The summed E-state index contributed by atoms with van der Waals surface area (Å²) in [6.45, 7) is 4.69. The van der Waals surface area contributed by atoms with E-state index < -0.39 is 15.9 Å². The number of nitrogens with zero attached hydrogens (tertiary/aromatic N) is 2. The topological polar surface area (TPSA) is 76.0 Å². The van der Waals surface area contributed by atoms with Crippen LogP contribution in [0, 0.1) is 5.92 Å². The molecule has 0 aliphatic carbocycles. The number of aliphatic imine (C=N–C) groups is 1. The molecule has 1 aromatic carbocycles. The minimum Gasteiger partial charge on any atom is -0.468 e. The standard InChI is InChI=1S/C17H23BrN2O4S/c1-11(13-9-20(10-13)25(4,22)23)19-12(2)16(17(21)24-3)14-7-5-6-8-15(14)18/h5-8,11,13,16H,9-10H2,1-4H3. The fourth-order valence-electron chi connectivity index (χ4n) is 2.90. The van der Waals surface area contributed by atoms with Crippen molar-refractivity contribution < 1.29 is 17.9 Å². The van der Waals surface area contributed by atoms with Gasteiger partial charge in [0.05, 0.1) is 19.4 Å². The number of rotatable bonds is 6. The van der Waals surface area contributed by atoms with Crippen LogP contribution in [0.3, 0.4) is 0 Å². The number of esters is 1. The van der Waals surface area contributed by atoms with Crippen molar-refractivity contribution >= 4 is 37.6 Å². The highest BCUT2D eigenvalue weighted by atomic mass is 79.9. The van der Waals surface area contributed by atoms with Crippen molar-refractivity contribution in [2.24, 2.45) is 10.9 Å². The van der Waals surface area contributed by atoms with Crippen LogP contribution in [0.5, 0.6) is 0 Å². The first-order valence-electron chi connectivity index (χ1n) is 7.96. The second kappa shape index (κ2) is 7.97. The predicted octanol–water partition coefficient (Wildman–Crippen LogP) is 2.45. The molecule has 0 aromatic heterocycles. The molecular weight excluding hydrogens is 408 g/mol. The van der Waals surface area contributed by atoms with Gasteiger partial charge in [-0.3, -0.25) is 9.79 Å². The zero-order valence-electron chi connectivity index (χ0n) is 14.8. The van der Waals surface area contributed by atoms with Gasteiger partial charge in [-0.1, -0.05) is 34.1 Å². The lowest BCUT2D eigenvalue weighted by Crippen LogP contribution is -2.53. The molecule has 1 saturated heterocycles. The maximum atomic E-state index is 12.3. The summed E-state index contributed by atoms with van der Waals surface area (Å²) in [6.07, 6.45) is 1.21. The Balaban J connectivity index is 2.19.